The molecule has 1 amide bonds. The molecular weight excluding hydrogens is 232 g/mol. The average Bonchev–Trinajstić information content (AvgIpc) is 2.88. The maximum Gasteiger partial charge on any atom is 0.292 e. The van der Waals surface area contributed by atoms with Crippen molar-refractivity contribution in [3.8, 4) is 17.5 Å². The zero-order valence-corrected chi connectivity index (χ0v) is 9.67. The lowest BCUT2D eigenvalue weighted by Crippen LogP contribution is -2.19. The highest BCUT2D eigenvalue weighted by atomic mass is 16.5. The minimum Gasteiger partial charge on any atom is -0.352 e. The molecule has 2 aromatic rings. The zero-order chi connectivity index (χ0) is 13.0. The van der Waals surface area contributed by atoms with Crippen LogP contribution in [-0.2, 0) is 6.42 Å². The summed E-state index contributed by atoms with van der Waals surface area (Å²) < 4.78 is 5.03. The third kappa shape index (κ3) is 2.20. The maximum absolute atomic E-state index is 11.3. The minimum atomic E-state index is -0.414. The Kier molecular flexibility index (Phi) is 3.34. The SMILES string of the molecule is CNC(=O)c1noc(-c2ccccc2CC#N)n1. The van der Waals surface area contributed by atoms with Crippen molar-refractivity contribution in [1.29, 1.82) is 5.26 Å². The van der Waals surface area contributed by atoms with Gasteiger partial charge < -0.3 is 9.84 Å². The highest BCUT2D eigenvalue weighted by Gasteiger charge is 2.16. The molecule has 0 aliphatic heterocycles. The number of nitriles is 1. The lowest BCUT2D eigenvalue weighted by Gasteiger charge is -2.00. The van der Waals surface area contributed by atoms with Crippen LogP contribution in [0.15, 0.2) is 28.8 Å². The number of hydrogen-bond donors (Lipinski definition) is 1. The number of nitrogens with zero attached hydrogens (tertiary/aromatic N) is 3. The molecule has 0 fully saturated rings. The second-order valence-electron chi connectivity index (χ2n) is 3.49. The third-order valence-corrected chi connectivity index (χ3v) is 2.37. The number of nitrogens with one attached hydrogen (secondary N) is 1. The number of carbonyl (C=O) groups excluding carboxylic acids is 1. The summed E-state index contributed by atoms with van der Waals surface area (Å²) in [6.45, 7) is 0. The monoisotopic (exact) mass is 242 g/mol. The van der Waals surface area contributed by atoms with Crippen molar-refractivity contribution in [3.05, 3.63) is 35.7 Å². The van der Waals surface area contributed by atoms with Crippen molar-refractivity contribution in [1.82, 2.24) is 15.5 Å². The first-order valence-corrected chi connectivity index (χ1v) is 5.27. The largest absolute Gasteiger partial charge is 0.352 e. The smallest absolute Gasteiger partial charge is 0.292 e. The van der Waals surface area contributed by atoms with E-state index < -0.39 is 5.91 Å². The molecule has 0 spiro atoms. The topological polar surface area (TPSA) is 91.8 Å². The highest BCUT2D eigenvalue weighted by molar-refractivity contribution is 5.90. The summed E-state index contributed by atoms with van der Waals surface area (Å²) in [4.78, 5) is 15.3. The number of aromatic nitrogens is 2. The molecule has 0 saturated carbocycles. The average molecular weight is 242 g/mol. The van der Waals surface area contributed by atoms with E-state index in [1.54, 1.807) is 12.1 Å². The van der Waals surface area contributed by atoms with E-state index in [2.05, 4.69) is 21.5 Å². The molecular formula is C12H10N4O2. The number of hydrogen-bond acceptors (Lipinski definition) is 5. The first-order valence-electron chi connectivity index (χ1n) is 5.27. The van der Waals surface area contributed by atoms with Crippen LogP contribution in [0.3, 0.4) is 0 Å². The summed E-state index contributed by atoms with van der Waals surface area (Å²) in [5, 5.41) is 14.7. The minimum absolute atomic E-state index is 0.0285. The van der Waals surface area contributed by atoms with Gasteiger partial charge in [-0.05, 0) is 11.6 Å². The van der Waals surface area contributed by atoms with E-state index in [9.17, 15) is 4.79 Å². The fourth-order valence-electron chi connectivity index (χ4n) is 1.51. The van der Waals surface area contributed by atoms with Crippen molar-refractivity contribution in [2.45, 2.75) is 6.42 Å². The van der Waals surface area contributed by atoms with Gasteiger partial charge in [0.25, 0.3) is 17.6 Å². The van der Waals surface area contributed by atoms with E-state index in [-0.39, 0.29) is 18.1 Å². The van der Waals surface area contributed by atoms with E-state index in [1.165, 1.54) is 7.05 Å². The first-order chi connectivity index (χ1) is 8.76. The molecule has 0 atom stereocenters. The lowest BCUT2D eigenvalue weighted by molar-refractivity contribution is 0.0950. The van der Waals surface area contributed by atoms with Gasteiger partial charge in [-0.25, -0.2) is 0 Å². The molecule has 1 N–H and O–H groups in total. The summed E-state index contributed by atoms with van der Waals surface area (Å²) in [6.07, 6.45) is 0.244. The summed E-state index contributed by atoms with van der Waals surface area (Å²) >= 11 is 0. The van der Waals surface area contributed by atoms with Gasteiger partial charge in [0.1, 0.15) is 0 Å². The summed E-state index contributed by atoms with van der Waals surface area (Å²) in [6, 6.07) is 9.28. The Morgan fingerprint density at radius 3 is 3.00 bits per heavy atom. The normalized spacial score (nSPS) is 9.78. The second kappa shape index (κ2) is 5.10. The molecule has 1 aromatic carbocycles. The molecule has 6 heteroatoms. The predicted octanol–water partition coefficient (Wildman–Crippen LogP) is 1.16. The number of carbonyl (C=O) groups is 1. The van der Waals surface area contributed by atoms with E-state index in [0.29, 0.717) is 5.56 Å². The van der Waals surface area contributed by atoms with Crippen LogP contribution in [0, 0.1) is 11.3 Å². The van der Waals surface area contributed by atoms with Crippen LogP contribution < -0.4 is 5.32 Å². The van der Waals surface area contributed by atoms with Crippen LogP contribution in [0.1, 0.15) is 16.2 Å². The van der Waals surface area contributed by atoms with Crippen molar-refractivity contribution in [2.24, 2.45) is 0 Å². The Balaban J connectivity index is 2.40. The quantitative estimate of drug-likeness (QED) is 0.871. The molecule has 0 aliphatic carbocycles. The maximum atomic E-state index is 11.3. The second-order valence-corrected chi connectivity index (χ2v) is 3.49. The van der Waals surface area contributed by atoms with Crippen LogP contribution >= 0.6 is 0 Å². The van der Waals surface area contributed by atoms with Crippen LogP contribution in [0.25, 0.3) is 11.5 Å². The van der Waals surface area contributed by atoms with Gasteiger partial charge in [0, 0.05) is 12.6 Å². The zero-order valence-electron chi connectivity index (χ0n) is 9.67. The summed E-state index contributed by atoms with van der Waals surface area (Å²) in [5.74, 6) is -0.207. The van der Waals surface area contributed by atoms with Gasteiger partial charge in [0.15, 0.2) is 0 Å². The van der Waals surface area contributed by atoms with Crippen molar-refractivity contribution in [3.63, 3.8) is 0 Å². The number of benzene rings is 1. The van der Waals surface area contributed by atoms with Crippen molar-refractivity contribution < 1.29 is 9.32 Å². The van der Waals surface area contributed by atoms with Gasteiger partial charge in [-0.2, -0.15) is 10.2 Å². The molecule has 1 aromatic heterocycles. The molecule has 0 saturated heterocycles. The van der Waals surface area contributed by atoms with E-state index in [1.807, 2.05) is 12.1 Å². The van der Waals surface area contributed by atoms with Crippen LogP contribution in [0.5, 0.6) is 0 Å². The molecule has 0 aliphatic rings. The standard InChI is InChI=1S/C12H10N4O2/c1-14-11(17)10-15-12(18-16-10)9-5-3-2-4-8(9)6-7-13/h2-5H,6H2,1H3,(H,14,17). The van der Waals surface area contributed by atoms with Gasteiger partial charge in [0.05, 0.1) is 12.5 Å². The fourth-order valence-corrected chi connectivity index (χ4v) is 1.51. The molecule has 0 bridgehead atoms. The highest BCUT2D eigenvalue weighted by Crippen LogP contribution is 2.22. The molecule has 18 heavy (non-hydrogen) atoms. The Hall–Kier alpha value is -2.68. The van der Waals surface area contributed by atoms with E-state index >= 15 is 0 Å². The van der Waals surface area contributed by atoms with Gasteiger partial charge in [0.2, 0.25) is 0 Å². The van der Waals surface area contributed by atoms with Gasteiger partial charge in [-0.1, -0.05) is 23.4 Å². The molecule has 0 radical (unpaired) electrons. The molecule has 0 unspecified atom stereocenters. The first kappa shape index (κ1) is 11.8. The van der Waals surface area contributed by atoms with E-state index in [0.717, 1.165) is 5.56 Å². The predicted molar refractivity (Wildman–Crippen MR) is 62.4 cm³/mol. The molecule has 6 nitrogen and oxygen atoms in total. The number of rotatable bonds is 3. The van der Waals surface area contributed by atoms with E-state index in [4.69, 9.17) is 9.78 Å². The Bertz CT molecular complexity index is 613. The Morgan fingerprint density at radius 2 is 2.28 bits per heavy atom. The van der Waals surface area contributed by atoms with Crippen molar-refractivity contribution in [2.75, 3.05) is 7.05 Å². The molecule has 1 heterocycles. The van der Waals surface area contributed by atoms with Crippen LogP contribution in [-0.4, -0.2) is 23.1 Å². The number of amides is 1. The van der Waals surface area contributed by atoms with Gasteiger partial charge in [-0.3, -0.25) is 4.79 Å². The van der Waals surface area contributed by atoms with Gasteiger partial charge >= 0.3 is 0 Å². The summed E-state index contributed by atoms with van der Waals surface area (Å²) in [7, 11) is 1.49. The van der Waals surface area contributed by atoms with Crippen molar-refractivity contribution >= 4 is 5.91 Å². The van der Waals surface area contributed by atoms with Gasteiger partial charge in [-0.15, -0.1) is 0 Å². The Morgan fingerprint density at radius 1 is 1.50 bits per heavy atom. The molecule has 2 rings (SSSR count). The lowest BCUT2D eigenvalue weighted by atomic mass is 10.1. The third-order valence-electron chi connectivity index (χ3n) is 2.37. The Labute approximate surface area is 103 Å². The van der Waals surface area contributed by atoms with Crippen LogP contribution in [0.2, 0.25) is 0 Å². The molecule has 90 valence electrons. The summed E-state index contributed by atoms with van der Waals surface area (Å²) in [5.41, 5.74) is 1.45. The fraction of sp³-hybridized carbons (Fsp3) is 0.167. The van der Waals surface area contributed by atoms with Crippen LogP contribution in [0.4, 0.5) is 0 Å².